The Morgan fingerprint density at radius 3 is 0.805 bits per heavy atom. The third kappa shape index (κ3) is 62.8. The molecule has 1 atom stereocenters. The van der Waals surface area contributed by atoms with Gasteiger partial charge in [-0.2, -0.15) is 0 Å². The number of carbonyl (C=O) groups excluding carboxylic acids is 3. The number of hydrogen-bond acceptors (Lipinski definition) is 6. The number of carbonyl (C=O) groups is 3. The van der Waals surface area contributed by atoms with Crippen LogP contribution in [0, 0.1) is 0 Å². The number of esters is 3. The second kappa shape index (κ2) is 64.6. The zero-order valence-corrected chi connectivity index (χ0v) is 50.4. The lowest BCUT2D eigenvalue weighted by Gasteiger charge is -2.18. The van der Waals surface area contributed by atoms with Crippen molar-refractivity contribution < 1.29 is 28.6 Å². The van der Waals surface area contributed by atoms with Gasteiger partial charge in [-0.15, -0.1) is 0 Å². The molecule has 0 aliphatic heterocycles. The van der Waals surface area contributed by atoms with Gasteiger partial charge in [0.1, 0.15) is 13.2 Å². The summed E-state index contributed by atoms with van der Waals surface area (Å²) in [4.78, 5) is 38.2. The smallest absolute Gasteiger partial charge is 0.306 e. The fourth-order valence-electron chi connectivity index (χ4n) is 8.92. The van der Waals surface area contributed by atoms with Gasteiger partial charge >= 0.3 is 17.9 Å². The minimum Gasteiger partial charge on any atom is -0.462 e. The molecule has 0 rings (SSSR count). The zero-order valence-electron chi connectivity index (χ0n) is 50.4. The van der Waals surface area contributed by atoms with E-state index < -0.39 is 6.10 Å². The minimum absolute atomic E-state index is 0.0810. The molecule has 440 valence electrons. The molecule has 0 aromatic rings. The van der Waals surface area contributed by atoms with E-state index in [2.05, 4.69) is 130 Å². The summed E-state index contributed by atoms with van der Waals surface area (Å²) in [7, 11) is 0. The maximum absolute atomic E-state index is 12.9. The van der Waals surface area contributed by atoms with E-state index in [4.69, 9.17) is 14.2 Å². The van der Waals surface area contributed by atoms with E-state index in [1.807, 2.05) is 0 Å². The van der Waals surface area contributed by atoms with Crippen LogP contribution in [-0.2, 0) is 28.6 Å². The van der Waals surface area contributed by atoms with Crippen LogP contribution in [0.1, 0.15) is 303 Å². The van der Waals surface area contributed by atoms with Crippen LogP contribution in [0.5, 0.6) is 0 Å². The molecule has 0 aromatic carbocycles. The van der Waals surface area contributed by atoms with Gasteiger partial charge in [0.25, 0.3) is 0 Å². The van der Waals surface area contributed by atoms with Crippen molar-refractivity contribution in [2.24, 2.45) is 0 Å². The summed E-state index contributed by atoms with van der Waals surface area (Å²) in [6.45, 7) is 6.50. The molecule has 0 radical (unpaired) electrons. The topological polar surface area (TPSA) is 78.9 Å². The predicted octanol–water partition coefficient (Wildman–Crippen LogP) is 22.2. The zero-order chi connectivity index (χ0) is 55.7. The summed E-state index contributed by atoms with van der Waals surface area (Å²) in [5, 5.41) is 0. The lowest BCUT2D eigenvalue weighted by Crippen LogP contribution is -2.30. The Hall–Kier alpha value is -3.93. The van der Waals surface area contributed by atoms with Crippen LogP contribution in [0.3, 0.4) is 0 Å². The van der Waals surface area contributed by atoms with Gasteiger partial charge in [0.05, 0.1) is 0 Å². The molecule has 0 aliphatic rings. The Kier molecular flexibility index (Phi) is 61.3. The van der Waals surface area contributed by atoms with Crippen molar-refractivity contribution in [2.75, 3.05) is 13.2 Å². The van der Waals surface area contributed by atoms with Crippen LogP contribution in [0.15, 0.2) is 109 Å². The van der Waals surface area contributed by atoms with Gasteiger partial charge in [0, 0.05) is 19.3 Å². The van der Waals surface area contributed by atoms with E-state index in [9.17, 15) is 14.4 Å². The summed E-state index contributed by atoms with van der Waals surface area (Å²) in [6, 6.07) is 0. The number of ether oxygens (including phenoxy) is 3. The third-order valence-corrected chi connectivity index (χ3v) is 13.8. The summed E-state index contributed by atoms with van der Waals surface area (Å²) in [6.07, 6.45) is 88.1. The summed E-state index contributed by atoms with van der Waals surface area (Å²) < 4.78 is 16.9. The van der Waals surface area contributed by atoms with Gasteiger partial charge < -0.3 is 14.2 Å². The average Bonchev–Trinajstić information content (AvgIpc) is 3.43. The molecule has 6 heteroatoms. The van der Waals surface area contributed by atoms with Crippen LogP contribution in [-0.4, -0.2) is 37.2 Å². The predicted molar refractivity (Wildman–Crippen MR) is 334 cm³/mol. The summed E-state index contributed by atoms with van der Waals surface area (Å²) in [5.41, 5.74) is 0. The first-order chi connectivity index (χ1) is 38.0. The quantitative estimate of drug-likeness (QED) is 0.0261. The Labute approximate surface area is 476 Å². The van der Waals surface area contributed by atoms with Gasteiger partial charge in [-0.25, -0.2) is 0 Å². The van der Waals surface area contributed by atoms with Crippen molar-refractivity contribution in [1.29, 1.82) is 0 Å². The molecule has 0 amide bonds. The van der Waals surface area contributed by atoms with Gasteiger partial charge in [-0.05, 0) is 109 Å². The van der Waals surface area contributed by atoms with Gasteiger partial charge in [0.15, 0.2) is 6.10 Å². The molecule has 0 aromatic heterocycles. The van der Waals surface area contributed by atoms with Crippen LogP contribution in [0.4, 0.5) is 0 Å². The fraction of sp³-hybridized carbons (Fsp3) is 0.704. The Morgan fingerprint density at radius 2 is 0.506 bits per heavy atom. The maximum Gasteiger partial charge on any atom is 0.306 e. The van der Waals surface area contributed by atoms with Crippen molar-refractivity contribution in [1.82, 2.24) is 0 Å². The second-order valence-electron chi connectivity index (χ2n) is 21.3. The van der Waals surface area contributed by atoms with E-state index in [0.29, 0.717) is 19.3 Å². The van der Waals surface area contributed by atoms with Gasteiger partial charge in [-0.1, -0.05) is 284 Å². The molecule has 77 heavy (non-hydrogen) atoms. The summed E-state index contributed by atoms with van der Waals surface area (Å²) >= 11 is 0. The Morgan fingerprint density at radius 1 is 0.273 bits per heavy atom. The lowest BCUT2D eigenvalue weighted by atomic mass is 10.1. The largest absolute Gasteiger partial charge is 0.462 e. The minimum atomic E-state index is -0.784. The highest BCUT2D eigenvalue weighted by Gasteiger charge is 2.19. The number of rotatable bonds is 58. The third-order valence-electron chi connectivity index (χ3n) is 13.8. The van der Waals surface area contributed by atoms with Crippen molar-refractivity contribution in [3.63, 3.8) is 0 Å². The Bertz CT molecular complexity index is 1560. The highest BCUT2D eigenvalue weighted by molar-refractivity contribution is 5.71. The van der Waals surface area contributed by atoms with Crippen LogP contribution in [0.2, 0.25) is 0 Å². The van der Waals surface area contributed by atoms with Gasteiger partial charge in [0.2, 0.25) is 0 Å². The fourth-order valence-corrected chi connectivity index (χ4v) is 8.92. The second-order valence-corrected chi connectivity index (χ2v) is 21.3. The standard InChI is InChI=1S/C71H120O6/c1-4-7-10-13-16-19-22-24-26-28-30-31-32-33-34-35-36-37-38-39-40-41-42-44-45-47-49-52-55-58-61-64-70(73)76-67-68(66-75-69(72)63-60-57-54-51-21-18-15-12-9-6-3)77-71(74)65-62-59-56-53-50-48-46-43-29-27-25-23-20-17-14-11-8-5-2/h7,10,16,19-20,23-24,26-27,29-31,33-34,36-37,39-40,68H,4-6,8-9,11-15,17-18,21-22,25,28,32,35,38,41-67H2,1-3H3/b10-7-,19-16-,23-20-,26-24-,29-27-,31-30-,34-33-,37-36-,40-39-. The highest BCUT2D eigenvalue weighted by Crippen LogP contribution is 2.16. The first-order valence-electron chi connectivity index (χ1n) is 32.4. The molecule has 0 N–H and O–H groups in total. The highest BCUT2D eigenvalue weighted by atomic mass is 16.6. The van der Waals surface area contributed by atoms with E-state index in [1.165, 1.54) is 141 Å². The van der Waals surface area contributed by atoms with Crippen LogP contribution in [0.25, 0.3) is 0 Å². The monoisotopic (exact) mass is 1070 g/mol. The van der Waals surface area contributed by atoms with Crippen molar-refractivity contribution in [2.45, 2.75) is 309 Å². The van der Waals surface area contributed by atoms with E-state index in [0.717, 1.165) is 122 Å². The molecule has 0 fully saturated rings. The molecular weight excluding hydrogens is 949 g/mol. The average molecular weight is 1070 g/mol. The van der Waals surface area contributed by atoms with Gasteiger partial charge in [-0.3, -0.25) is 14.4 Å². The molecule has 0 aliphatic carbocycles. The lowest BCUT2D eigenvalue weighted by molar-refractivity contribution is -0.167. The SMILES string of the molecule is CC/C=C\C/C=C\C/C=C\C/C=C\C/C=C\C/C=C\C/C=C\CCCCCCCCCCCC(=O)OCC(COC(=O)CCCCCCCCCCCC)OC(=O)CCCCCCCCC/C=C\C/C=C\CCCCCC. The molecule has 0 heterocycles. The number of allylic oxidation sites excluding steroid dienone is 18. The van der Waals surface area contributed by atoms with Crippen molar-refractivity contribution in [3.05, 3.63) is 109 Å². The van der Waals surface area contributed by atoms with Crippen molar-refractivity contribution in [3.8, 4) is 0 Å². The van der Waals surface area contributed by atoms with E-state index in [-0.39, 0.29) is 31.1 Å². The van der Waals surface area contributed by atoms with Crippen LogP contribution < -0.4 is 0 Å². The molecule has 0 saturated heterocycles. The first kappa shape index (κ1) is 73.1. The first-order valence-corrected chi connectivity index (χ1v) is 32.4. The number of unbranched alkanes of at least 4 members (excludes halogenated alkanes) is 29. The molecule has 0 bridgehead atoms. The molecule has 6 nitrogen and oxygen atoms in total. The van der Waals surface area contributed by atoms with E-state index in [1.54, 1.807) is 0 Å². The van der Waals surface area contributed by atoms with E-state index >= 15 is 0 Å². The molecular formula is C71H120O6. The summed E-state index contributed by atoms with van der Waals surface area (Å²) in [5.74, 6) is -0.889. The molecule has 1 unspecified atom stereocenters. The molecule has 0 spiro atoms. The van der Waals surface area contributed by atoms with Crippen molar-refractivity contribution >= 4 is 17.9 Å². The maximum atomic E-state index is 12.9. The molecule has 0 saturated carbocycles. The number of hydrogen-bond donors (Lipinski definition) is 0. The normalized spacial score (nSPS) is 12.8. The van der Waals surface area contributed by atoms with Crippen LogP contribution >= 0.6 is 0 Å². The Balaban J connectivity index is 4.24.